The third-order valence-corrected chi connectivity index (χ3v) is 1.92. The Labute approximate surface area is 99.0 Å². The maximum Gasteiger partial charge on any atom is 0.0189 e. The van der Waals surface area contributed by atoms with Gasteiger partial charge in [0.25, 0.3) is 0 Å². The Morgan fingerprint density at radius 1 is 0.769 bits per heavy atom. The Kier molecular flexibility index (Phi) is 12.3. The highest BCUT2D eigenvalue weighted by Crippen LogP contribution is 2.18. The Balaban J connectivity index is 0. The molecule has 0 saturated carbocycles. The van der Waals surface area contributed by atoms with Crippen molar-refractivity contribution < 1.29 is 0 Å². The molecule has 1 aromatic carbocycles. The molecule has 0 aliphatic heterocycles. The lowest BCUT2D eigenvalue weighted by atomic mass is 10.2. The van der Waals surface area contributed by atoms with Crippen LogP contribution in [0.15, 0.2) is 27.1 Å². The van der Waals surface area contributed by atoms with E-state index < -0.39 is 0 Å². The first kappa shape index (κ1) is 15.6. The van der Waals surface area contributed by atoms with Gasteiger partial charge in [-0.3, -0.25) is 0 Å². The zero-order valence-corrected chi connectivity index (χ0v) is 12.2. The number of hydrogen-bond acceptors (Lipinski definition) is 0. The van der Waals surface area contributed by atoms with Gasteiger partial charge >= 0.3 is 0 Å². The molecular weight excluding hydrogens is 292 g/mol. The first-order chi connectivity index (χ1) is 6.18. The topological polar surface area (TPSA) is 0 Å². The zero-order chi connectivity index (χ0) is 10.9. The van der Waals surface area contributed by atoms with Gasteiger partial charge in [-0.05, 0) is 30.7 Å². The summed E-state index contributed by atoms with van der Waals surface area (Å²) in [6.07, 6.45) is 0. The number of aryl methyl sites for hydroxylation is 1. The van der Waals surface area contributed by atoms with E-state index in [-0.39, 0.29) is 0 Å². The van der Waals surface area contributed by atoms with Crippen LogP contribution in [-0.4, -0.2) is 0 Å². The van der Waals surface area contributed by atoms with Crippen LogP contribution in [-0.2, 0) is 0 Å². The fourth-order valence-electron chi connectivity index (χ4n) is 0.692. The number of rotatable bonds is 0. The predicted octanol–water partition coefficient (Wildman–Crippen LogP) is 5.57. The summed E-state index contributed by atoms with van der Waals surface area (Å²) in [7, 11) is 0. The predicted molar refractivity (Wildman–Crippen MR) is 69.3 cm³/mol. The third kappa shape index (κ3) is 8.51. The highest BCUT2D eigenvalue weighted by Gasteiger charge is 1.90. The van der Waals surface area contributed by atoms with Crippen LogP contribution in [0.25, 0.3) is 0 Å². The Morgan fingerprint density at radius 3 is 1.31 bits per heavy atom. The van der Waals surface area contributed by atoms with Crippen molar-refractivity contribution in [2.24, 2.45) is 0 Å². The molecule has 0 saturated heterocycles. The molecule has 76 valence electrons. The van der Waals surface area contributed by atoms with Crippen LogP contribution in [0.4, 0.5) is 0 Å². The molecule has 0 fully saturated rings. The smallest absolute Gasteiger partial charge is 0.0189 e. The maximum absolute atomic E-state index is 3.38. The summed E-state index contributed by atoms with van der Waals surface area (Å²) < 4.78 is 2.24. The summed E-state index contributed by atoms with van der Waals surface area (Å²) in [5, 5.41) is 0. The second kappa shape index (κ2) is 10.3. The van der Waals surface area contributed by atoms with E-state index in [1.165, 1.54) is 5.56 Å². The molecule has 0 amide bonds. The Hall–Kier alpha value is 0.180. The van der Waals surface area contributed by atoms with E-state index in [1.54, 1.807) is 0 Å². The van der Waals surface area contributed by atoms with Gasteiger partial charge in [0, 0.05) is 8.95 Å². The van der Waals surface area contributed by atoms with Gasteiger partial charge in [-0.15, -0.1) is 0 Å². The van der Waals surface area contributed by atoms with Gasteiger partial charge in [-0.25, -0.2) is 0 Å². The maximum atomic E-state index is 3.38. The van der Waals surface area contributed by atoms with Crippen molar-refractivity contribution in [3.05, 3.63) is 32.7 Å². The van der Waals surface area contributed by atoms with Gasteiger partial charge in [-0.1, -0.05) is 59.6 Å². The Bertz CT molecular complexity index is 169. The zero-order valence-electron chi connectivity index (χ0n) is 8.99. The lowest BCUT2D eigenvalue weighted by Gasteiger charge is -1.94. The number of benzene rings is 1. The second-order valence-electron chi connectivity index (χ2n) is 1.95. The van der Waals surface area contributed by atoms with E-state index in [4.69, 9.17) is 0 Å². The SMILES string of the molecule is CC.CC.Cc1cc(Br)cc(Br)c1. The van der Waals surface area contributed by atoms with Crippen molar-refractivity contribution in [1.29, 1.82) is 0 Å². The van der Waals surface area contributed by atoms with E-state index in [1.807, 2.05) is 33.8 Å². The van der Waals surface area contributed by atoms with Crippen LogP contribution in [0.1, 0.15) is 33.3 Å². The molecule has 0 nitrogen and oxygen atoms in total. The summed E-state index contributed by atoms with van der Waals surface area (Å²) in [6, 6.07) is 6.17. The average Bonchev–Trinajstić information content (AvgIpc) is 2.09. The molecule has 0 spiro atoms. The van der Waals surface area contributed by atoms with Crippen LogP contribution >= 0.6 is 31.9 Å². The molecule has 2 heteroatoms. The molecule has 0 aromatic heterocycles. The van der Waals surface area contributed by atoms with Crippen molar-refractivity contribution >= 4 is 31.9 Å². The number of halogens is 2. The highest BCUT2D eigenvalue weighted by atomic mass is 79.9. The first-order valence-corrected chi connectivity index (χ1v) is 6.20. The van der Waals surface area contributed by atoms with Crippen LogP contribution in [0, 0.1) is 6.92 Å². The van der Waals surface area contributed by atoms with Gasteiger partial charge in [0.1, 0.15) is 0 Å². The molecule has 0 aliphatic rings. The highest BCUT2D eigenvalue weighted by molar-refractivity contribution is 9.11. The lowest BCUT2D eigenvalue weighted by Crippen LogP contribution is -1.71. The molecule has 0 N–H and O–H groups in total. The van der Waals surface area contributed by atoms with Gasteiger partial charge in [0.15, 0.2) is 0 Å². The average molecular weight is 310 g/mol. The van der Waals surface area contributed by atoms with Crippen LogP contribution in [0.3, 0.4) is 0 Å². The standard InChI is InChI=1S/C7H6Br2.2C2H6/c1-5-2-6(8)4-7(9)3-5;2*1-2/h2-4H,1H3;2*1-2H3. The van der Waals surface area contributed by atoms with E-state index >= 15 is 0 Å². The van der Waals surface area contributed by atoms with E-state index in [0.717, 1.165) is 8.95 Å². The van der Waals surface area contributed by atoms with Crippen molar-refractivity contribution in [2.45, 2.75) is 34.6 Å². The number of hydrogen-bond donors (Lipinski definition) is 0. The molecule has 0 heterocycles. The molecule has 0 radical (unpaired) electrons. The minimum absolute atomic E-state index is 1.12. The molecule has 1 rings (SSSR count). The van der Waals surface area contributed by atoms with Crippen molar-refractivity contribution in [2.75, 3.05) is 0 Å². The lowest BCUT2D eigenvalue weighted by molar-refractivity contribution is 1.43. The quantitative estimate of drug-likeness (QED) is 0.587. The van der Waals surface area contributed by atoms with Crippen LogP contribution in [0.2, 0.25) is 0 Å². The molecule has 0 unspecified atom stereocenters. The summed E-state index contributed by atoms with van der Waals surface area (Å²) >= 11 is 6.77. The van der Waals surface area contributed by atoms with Gasteiger partial charge in [0.05, 0.1) is 0 Å². The van der Waals surface area contributed by atoms with Crippen molar-refractivity contribution in [3.63, 3.8) is 0 Å². The monoisotopic (exact) mass is 308 g/mol. The fraction of sp³-hybridized carbons (Fsp3) is 0.455. The van der Waals surface area contributed by atoms with Crippen molar-refractivity contribution in [3.8, 4) is 0 Å². The van der Waals surface area contributed by atoms with E-state index in [9.17, 15) is 0 Å². The summed E-state index contributed by atoms with van der Waals surface area (Å²) in [5.41, 5.74) is 1.26. The minimum Gasteiger partial charge on any atom is -0.0683 e. The summed E-state index contributed by atoms with van der Waals surface area (Å²) in [4.78, 5) is 0. The first-order valence-electron chi connectivity index (χ1n) is 4.61. The third-order valence-electron chi connectivity index (χ3n) is 1.01. The molecule has 0 atom stereocenters. The summed E-state index contributed by atoms with van der Waals surface area (Å²) in [5.74, 6) is 0. The molecular formula is C11H18Br2. The van der Waals surface area contributed by atoms with Crippen LogP contribution < -0.4 is 0 Å². The Morgan fingerprint density at radius 2 is 1.08 bits per heavy atom. The largest absolute Gasteiger partial charge is 0.0683 e. The fourth-order valence-corrected chi connectivity index (χ4v) is 2.21. The minimum atomic E-state index is 1.12. The van der Waals surface area contributed by atoms with E-state index in [0.29, 0.717) is 0 Å². The molecule has 0 aliphatic carbocycles. The van der Waals surface area contributed by atoms with Crippen LogP contribution in [0.5, 0.6) is 0 Å². The molecule has 0 bridgehead atoms. The van der Waals surface area contributed by atoms with Gasteiger partial charge in [-0.2, -0.15) is 0 Å². The second-order valence-corrected chi connectivity index (χ2v) is 3.78. The van der Waals surface area contributed by atoms with Gasteiger partial charge in [0.2, 0.25) is 0 Å². The summed E-state index contributed by atoms with van der Waals surface area (Å²) in [6.45, 7) is 10.1. The van der Waals surface area contributed by atoms with Crippen molar-refractivity contribution in [1.82, 2.24) is 0 Å². The molecule has 13 heavy (non-hydrogen) atoms. The van der Waals surface area contributed by atoms with E-state index in [2.05, 4.69) is 50.9 Å². The normalized spacial score (nSPS) is 7.62. The molecule has 1 aromatic rings. The van der Waals surface area contributed by atoms with Gasteiger partial charge < -0.3 is 0 Å².